The number of carbonyl (C=O) groups excluding carboxylic acids is 3. The fourth-order valence-corrected chi connectivity index (χ4v) is 4.15. The van der Waals surface area contributed by atoms with E-state index in [1.165, 1.54) is 36.3 Å². The fourth-order valence-electron chi connectivity index (χ4n) is 3.97. The lowest BCUT2D eigenvalue weighted by molar-refractivity contribution is -0.117. The maximum atomic E-state index is 13.2. The quantitative estimate of drug-likeness (QED) is 0.197. The lowest BCUT2D eigenvalue weighted by Crippen LogP contribution is -2.40. The summed E-state index contributed by atoms with van der Waals surface area (Å²) in [5.41, 5.74) is 1.35. The first kappa shape index (κ1) is 32.3. The third-order valence-corrected chi connectivity index (χ3v) is 6.21. The first-order valence-electron chi connectivity index (χ1n) is 13.4. The van der Waals surface area contributed by atoms with Gasteiger partial charge in [0.1, 0.15) is 11.9 Å². The molecule has 0 unspecified atom stereocenters. The summed E-state index contributed by atoms with van der Waals surface area (Å²) < 4.78 is 11.3. The van der Waals surface area contributed by atoms with Gasteiger partial charge >= 0.3 is 12.2 Å². The van der Waals surface area contributed by atoms with Crippen molar-refractivity contribution in [2.45, 2.75) is 32.4 Å². The number of aromatic nitrogens is 6. The number of ether oxygens (including phenoxy) is 2. The minimum atomic E-state index is -0.899. The van der Waals surface area contributed by atoms with Gasteiger partial charge in [-0.3, -0.25) is 14.9 Å². The molecule has 0 saturated heterocycles. The molecule has 2 heterocycles. The Morgan fingerprint density at radius 3 is 2.51 bits per heavy atom. The van der Waals surface area contributed by atoms with Gasteiger partial charge < -0.3 is 20.1 Å². The number of nitrogens with one attached hydrogen (secondary N) is 4. The Morgan fingerprint density at radius 1 is 1.09 bits per heavy atom. The third-order valence-electron chi connectivity index (χ3n) is 5.97. The van der Waals surface area contributed by atoms with Crippen LogP contribution in [-0.2, 0) is 14.3 Å². The molecule has 16 heteroatoms. The van der Waals surface area contributed by atoms with Gasteiger partial charge in [-0.15, -0.1) is 5.10 Å². The minimum Gasteiger partial charge on any atom is -0.453 e. The largest absolute Gasteiger partial charge is 0.453 e. The van der Waals surface area contributed by atoms with Crippen molar-refractivity contribution in [1.29, 1.82) is 0 Å². The van der Waals surface area contributed by atoms with Crippen LogP contribution in [0, 0.1) is 0 Å². The molecular formula is C29H30ClN9O6. The highest BCUT2D eigenvalue weighted by Crippen LogP contribution is 2.22. The predicted molar refractivity (Wildman–Crippen MR) is 165 cm³/mol. The molecule has 0 bridgehead atoms. The van der Waals surface area contributed by atoms with Gasteiger partial charge in [-0.2, -0.15) is 9.78 Å². The molecule has 3 amide bonds. The zero-order valence-electron chi connectivity index (χ0n) is 24.7. The van der Waals surface area contributed by atoms with Crippen LogP contribution in [0.15, 0.2) is 65.7 Å². The summed E-state index contributed by atoms with van der Waals surface area (Å²) in [6.45, 7) is 5.04. The van der Waals surface area contributed by atoms with Gasteiger partial charge in [0, 0.05) is 28.9 Å². The molecule has 0 radical (unpaired) electrons. The maximum absolute atomic E-state index is 13.2. The van der Waals surface area contributed by atoms with Crippen LogP contribution < -0.4 is 21.5 Å². The summed E-state index contributed by atoms with van der Waals surface area (Å²) in [4.78, 5) is 49.8. The lowest BCUT2D eigenvalue weighted by atomic mass is 10.0. The molecule has 0 aliphatic heterocycles. The van der Waals surface area contributed by atoms with E-state index < -0.39 is 35.3 Å². The minimum absolute atomic E-state index is 0.123. The van der Waals surface area contributed by atoms with Crippen LogP contribution >= 0.6 is 11.6 Å². The molecular weight excluding hydrogens is 606 g/mol. The molecule has 1 atom stereocenters. The van der Waals surface area contributed by atoms with E-state index in [0.29, 0.717) is 27.5 Å². The van der Waals surface area contributed by atoms with Gasteiger partial charge in [0.05, 0.1) is 30.1 Å². The van der Waals surface area contributed by atoms with Gasteiger partial charge in [-0.05, 0) is 79.2 Å². The second-order valence-corrected chi connectivity index (χ2v) is 10.9. The number of amides is 3. The number of benzene rings is 2. The Morgan fingerprint density at radius 2 is 1.84 bits per heavy atom. The van der Waals surface area contributed by atoms with E-state index in [0.717, 1.165) is 0 Å². The number of rotatable bonds is 9. The molecule has 0 fully saturated rings. The second kappa shape index (κ2) is 14.3. The van der Waals surface area contributed by atoms with E-state index in [1.54, 1.807) is 63.2 Å². The van der Waals surface area contributed by atoms with Crippen LogP contribution in [0.5, 0.6) is 0 Å². The number of nitrogens with zero attached hydrogens (tertiary/aromatic N) is 5. The van der Waals surface area contributed by atoms with E-state index in [4.69, 9.17) is 16.3 Å². The van der Waals surface area contributed by atoms with Crippen molar-refractivity contribution in [3.63, 3.8) is 0 Å². The molecule has 4 rings (SSSR count). The van der Waals surface area contributed by atoms with Gasteiger partial charge in [0.15, 0.2) is 0 Å². The zero-order valence-corrected chi connectivity index (χ0v) is 25.5. The Bertz CT molecular complexity index is 1750. The van der Waals surface area contributed by atoms with Crippen LogP contribution in [0.3, 0.4) is 0 Å². The molecule has 0 aliphatic carbocycles. The molecule has 4 N–H and O–H groups in total. The Labute approximate surface area is 262 Å². The van der Waals surface area contributed by atoms with E-state index in [1.807, 2.05) is 0 Å². The summed E-state index contributed by atoms with van der Waals surface area (Å²) in [6, 6.07) is 12.1. The highest BCUT2D eigenvalue weighted by atomic mass is 35.5. The van der Waals surface area contributed by atoms with Gasteiger partial charge in [-0.25, -0.2) is 14.7 Å². The average Bonchev–Trinajstić information content (AvgIpc) is 3.53. The van der Waals surface area contributed by atoms with E-state index >= 15 is 0 Å². The van der Waals surface area contributed by atoms with Crippen molar-refractivity contribution < 1.29 is 23.9 Å². The van der Waals surface area contributed by atoms with E-state index in [9.17, 15) is 19.2 Å². The first-order valence-corrected chi connectivity index (χ1v) is 13.8. The van der Waals surface area contributed by atoms with Crippen LogP contribution in [0.1, 0.15) is 38.1 Å². The maximum Gasteiger partial charge on any atom is 0.411 e. The summed E-state index contributed by atoms with van der Waals surface area (Å²) in [6.07, 6.45) is 2.87. The summed E-state index contributed by atoms with van der Waals surface area (Å²) >= 11 is 6.18. The highest BCUT2D eigenvalue weighted by Gasteiger charge is 2.21. The van der Waals surface area contributed by atoms with E-state index in [2.05, 4.69) is 46.4 Å². The molecule has 2 aromatic heterocycles. The highest BCUT2D eigenvalue weighted by molar-refractivity contribution is 6.30. The molecule has 45 heavy (non-hydrogen) atoms. The van der Waals surface area contributed by atoms with Gasteiger partial charge in [-0.1, -0.05) is 23.7 Å². The normalized spacial score (nSPS) is 11.9. The number of hydrogen-bond acceptors (Lipinski definition) is 10. The molecule has 0 spiro atoms. The van der Waals surface area contributed by atoms with Crippen molar-refractivity contribution >= 4 is 41.5 Å². The number of methoxy groups -OCH3 is 1. The number of alkyl carbamates (subject to hydrolysis) is 1. The van der Waals surface area contributed by atoms with Crippen LogP contribution in [0.25, 0.3) is 22.9 Å². The number of aromatic amines is 1. The first-order chi connectivity index (χ1) is 21.4. The molecule has 2 aromatic carbocycles. The smallest absolute Gasteiger partial charge is 0.411 e. The van der Waals surface area contributed by atoms with Crippen LogP contribution in [0.4, 0.5) is 15.3 Å². The lowest BCUT2D eigenvalue weighted by Gasteiger charge is -2.22. The monoisotopic (exact) mass is 635 g/mol. The summed E-state index contributed by atoms with van der Waals surface area (Å²) in [5, 5.41) is 26.1. The zero-order chi connectivity index (χ0) is 32.6. The van der Waals surface area contributed by atoms with Crippen molar-refractivity contribution in [2.75, 3.05) is 19.0 Å². The fraction of sp³-hybridized carbons (Fsp3) is 0.241. The second-order valence-electron chi connectivity index (χ2n) is 10.5. The number of halogens is 1. The van der Waals surface area contributed by atoms with Gasteiger partial charge in [0.25, 0.3) is 5.56 Å². The third kappa shape index (κ3) is 9.21. The molecule has 15 nitrogen and oxygen atoms in total. The Hall–Kier alpha value is -5.57. The number of hydrogen-bond donors (Lipinski definition) is 4. The molecule has 0 saturated carbocycles. The summed E-state index contributed by atoms with van der Waals surface area (Å²) in [7, 11) is 1.25. The molecule has 4 aromatic rings. The number of carbonyl (C=O) groups is 3. The van der Waals surface area contributed by atoms with Crippen molar-refractivity contribution in [1.82, 2.24) is 41.0 Å². The average molecular weight is 636 g/mol. The number of anilines is 1. The standard InChI is InChI=1S/C29H30ClN9O6/c1-29(2,3)45-27(42)31-15-23(34-25(40)12-7-18-13-19(30)8-11-24(18)39-16-32-37-38-39)22-14-21(26(41)36-35-22)17-5-9-20(10-6-17)33-28(43)44-4/h5-14,16,23H,15H2,1-4H3,(H,31,42)(H,33,43)(H,34,40)(H,36,41)/t23-/m0/s1. The molecule has 234 valence electrons. The molecule has 0 aliphatic rings. The van der Waals surface area contributed by atoms with Crippen molar-refractivity contribution in [2.24, 2.45) is 0 Å². The number of tetrazole rings is 1. The number of H-pyrrole nitrogens is 1. The Balaban J connectivity index is 1.60. The predicted octanol–water partition coefficient (Wildman–Crippen LogP) is 3.64. The van der Waals surface area contributed by atoms with Gasteiger partial charge in [0.2, 0.25) is 5.91 Å². The SMILES string of the molecule is COC(=O)Nc1ccc(-c2cc([C@H](CNC(=O)OC(C)(C)C)NC(=O)C=Cc3cc(Cl)ccc3-n3cnnn3)n[nH]c2=O)cc1. The summed E-state index contributed by atoms with van der Waals surface area (Å²) in [5.74, 6) is -0.540. The van der Waals surface area contributed by atoms with Crippen LogP contribution in [-0.4, -0.2) is 67.8 Å². The Kier molecular flexibility index (Phi) is 10.3. The van der Waals surface area contributed by atoms with Crippen molar-refractivity contribution in [3.05, 3.63) is 87.6 Å². The van der Waals surface area contributed by atoms with Crippen molar-refractivity contribution in [3.8, 4) is 16.8 Å². The van der Waals surface area contributed by atoms with Crippen LogP contribution in [0.2, 0.25) is 5.02 Å². The topological polar surface area (TPSA) is 195 Å². The van der Waals surface area contributed by atoms with E-state index in [-0.39, 0.29) is 17.8 Å².